The van der Waals surface area contributed by atoms with Crippen molar-refractivity contribution in [1.82, 2.24) is 28.7 Å². The highest BCUT2D eigenvalue weighted by Crippen LogP contribution is 2.37. The van der Waals surface area contributed by atoms with E-state index < -0.39 is 46.1 Å². The largest absolute Gasteiger partial charge is 0.478 e. The topological polar surface area (TPSA) is 348 Å². The number of H-pyrrole nitrogens is 1. The predicted octanol–water partition coefficient (Wildman–Crippen LogP) is 23.7. The molecule has 0 saturated carbocycles. The van der Waals surface area contributed by atoms with Crippen molar-refractivity contribution in [3.8, 4) is 39.8 Å². The molecule has 5 aromatic heterocycles. The second-order valence-electron chi connectivity index (χ2n) is 32.3. The van der Waals surface area contributed by atoms with Crippen LogP contribution in [0.4, 0.5) is 10.1 Å². The number of Topliss-reactive ketones (excluding diaryl/α,β-unsaturated/α-hetero) is 2. The lowest BCUT2D eigenvalue weighted by atomic mass is 9.98. The van der Waals surface area contributed by atoms with E-state index in [4.69, 9.17) is 55.1 Å². The van der Waals surface area contributed by atoms with Gasteiger partial charge in [0.05, 0.1) is 70.0 Å². The molecule has 17 rings (SSSR count). The molecule has 141 heavy (non-hydrogen) atoms. The molecule has 0 unspecified atom stereocenters. The number of carbonyl (C=O) groups is 8. The van der Waals surface area contributed by atoms with Crippen LogP contribution >= 0.6 is 34.8 Å². The van der Waals surface area contributed by atoms with Crippen LogP contribution in [0.3, 0.4) is 0 Å². The number of halogens is 4. The third kappa shape index (κ3) is 28.1. The number of pyridine rings is 3. The lowest BCUT2D eigenvalue weighted by Gasteiger charge is -2.18. The van der Waals surface area contributed by atoms with Crippen molar-refractivity contribution in [2.75, 3.05) is 27.1 Å². The predicted molar refractivity (Wildman–Crippen MR) is 553 cm³/mol. The molecule has 12 aromatic carbocycles. The van der Waals surface area contributed by atoms with Gasteiger partial charge in [0.2, 0.25) is 22.2 Å². The molecule has 0 saturated heterocycles. The molecular formula is C113H101Cl3FN7O17. The van der Waals surface area contributed by atoms with Crippen LogP contribution in [-0.2, 0) is 41.4 Å². The van der Waals surface area contributed by atoms with Gasteiger partial charge in [0, 0.05) is 80.2 Å². The standard InChI is InChI=1S/C37H27FN4O3.C19H17NO3.C18H15NO3.C12H14O2.C8H6Cl2O.C8H7ClO2.C6H7N.C5H8O3/c1-22-13-15-30-27(17-22)35(44)33(23(2)42(30)26-11-7-4-8-12-26)31(43)19-24-14-16-32(29(38)18-24)45-37-34-28(25-9-5-3-6-10-25)20-39-36(34)40-21-41-37;1-12-9-10-16-15(11-12)18(21)17(19(22)23-3)13(2)20(16)14-7-5-4-6-8-14;1-11-8-9-15-14(10-11)17(20)16(18(21)22)12(2)19(15)13-6-4-3-5-7-13;1-10(9-12(13)14-2)8-11-6-4-3-5-7-11;2*1-5-2-3-7(9)6(4-5)8(10)11;7-6-4-2-1-3-5-6;1-4(6)3-5(7)8-2/h3-18,20-21H,19H2,1-2H3,(H,39,40,41);4-11H,1-3H3;3-10H,1-2H3,(H,21,22);3-7,9H,8H2,1-2H3;2-4H,1H3;2-4H,1H3,(H,10,11);1-5H,7H2;3H2,1-2H3/b;;;10-9+;;;;. The first-order valence-corrected chi connectivity index (χ1v) is 45.0. The summed E-state index contributed by atoms with van der Waals surface area (Å²) in [6, 6.07) is 89.1. The first-order valence-electron chi connectivity index (χ1n) is 43.9. The Hall–Kier alpha value is -16.6. The van der Waals surface area contributed by atoms with E-state index in [2.05, 4.69) is 24.4 Å². The van der Waals surface area contributed by atoms with Crippen LogP contribution in [0.5, 0.6) is 11.6 Å². The number of hydrogen-bond donors (Lipinski definition) is 4. The Labute approximate surface area is 827 Å². The molecule has 718 valence electrons. The highest BCUT2D eigenvalue weighted by Gasteiger charge is 2.26. The van der Waals surface area contributed by atoms with E-state index in [9.17, 15) is 57.8 Å². The number of aromatic nitrogens is 6. The Kier molecular flexibility index (Phi) is 38.1. The zero-order valence-electron chi connectivity index (χ0n) is 79.4. The second kappa shape index (κ2) is 50.5. The number of esters is 3. The maximum atomic E-state index is 15.5. The number of rotatable bonds is 18. The third-order valence-corrected chi connectivity index (χ3v) is 22.6. The van der Waals surface area contributed by atoms with E-state index in [-0.39, 0.29) is 74.4 Å². The number of fused-ring (bicyclic) bond motifs is 4. The zero-order chi connectivity index (χ0) is 102. The van der Waals surface area contributed by atoms with E-state index in [0.717, 1.165) is 84.7 Å². The van der Waals surface area contributed by atoms with Crippen molar-refractivity contribution in [3.05, 3.63) is 446 Å². The molecule has 0 fully saturated rings. The quantitative estimate of drug-likeness (QED) is 0.0118. The number of para-hydroxylation sites is 4. The normalized spacial score (nSPS) is 10.5. The van der Waals surface area contributed by atoms with Crippen molar-refractivity contribution in [2.24, 2.45) is 0 Å². The number of ketones is 2. The molecule has 0 spiro atoms. The van der Waals surface area contributed by atoms with E-state index in [1.165, 1.54) is 58.4 Å². The van der Waals surface area contributed by atoms with Crippen molar-refractivity contribution < 1.29 is 71.9 Å². The average Bonchev–Trinajstić information content (AvgIpc) is 1.14. The minimum atomic E-state index is -1.20. The molecule has 0 aliphatic heterocycles. The number of carboxylic acid groups (broad SMARTS) is 2. The number of carboxylic acids is 2. The smallest absolute Gasteiger partial charge is 0.343 e. The molecule has 0 bridgehead atoms. The van der Waals surface area contributed by atoms with Gasteiger partial charge in [-0.2, -0.15) is 0 Å². The summed E-state index contributed by atoms with van der Waals surface area (Å²) in [6.45, 7) is 17.9. The van der Waals surface area contributed by atoms with Crippen molar-refractivity contribution >= 4 is 131 Å². The molecule has 0 atom stereocenters. The number of nitrogens with zero attached hydrogens (tertiary/aromatic N) is 5. The Balaban J connectivity index is 0.000000181. The number of nitrogen functional groups attached to an aromatic ring is 1. The highest BCUT2D eigenvalue weighted by molar-refractivity contribution is 6.68. The van der Waals surface area contributed by atoms with Gasteiger partial charge in [-0.3, -0.25) is 33.6 Å². The van der Waals surface area contributed by atoms with Crippen LogP contribution in [0.25, 0.3) is 71.9 Å². The van der Waals surface area contributed by atoms with Crippen LogP contribution in [0.1, 0.15) is 128 Å². The monoisotopic (exact) mass is 1950 g/mol. The number of anilines is 1. The number of hydrogen-bond acceptors (Lipinski definition) is 18. The summed E-state index contributed by atoms with van der Waals surface area (Å²) in [7, 11) is 3.93. The number of aryl methyl sites for hydroxylation is 5. The molecule has 5 N–H and O–H groups in total. The Morgan fingerprint density at radius 2 is 0.872 bits per heavy atom. The number of nitrogens with two attached hydrogens (primary N) is 1. The summed E-state index contributed by atoms with van der Waals surface area (Å²) < 4.78 is 40.7. The molecule has 24 nitrogen and oxygen atoms in total. The molecule has 17 aromatic rings. The van der Waals surface area contributed by atoms with Gasteiger partial charge >= 0.3 is 29.8 Å². The van der Waals surface area contributed by atoms with Gasteiger partial charge in [-0.25, -0.2) is 33.5 Å². The van der Waals surface area contributed by atoms with E-state index >= 15 is 4.39 Å². The fourth-order valence-electron chi connectivity index (χ4n) is 15.0. The van der Waals surface area contributed by atoms with Gasteiger partial charge in [-0.15, -0.1) is 0 Å². The van der Waals surface area contributed by atoms with Gasteiger partial charge in [0.1, 0.15) is 35.3 Å². The number of benzene rings is 12. The number of aromatic amines is 1. The van der Waals surface area contributed by atoms with Gasteiger partial charge in [-0.05, 0) is 225 Å². The average molecular weight is 1950 g/mol. The first-order chi connectivity index (χ1) is 67.4. The van der Waals surface area contributed by atoms with Crippen LogP contribution in [0.2, 0.25) is 10.0 Å². The lowest BCUT2D eigenvalue weighted by molar-refractivity contribution is -0.143. The van der Waals surface area contributed by atoms with Crippen LogP contribution in [0.15, 0.2) is 330 Å². The summed E-state index contributed by atoms with van der Waals surface area (Å²) in [5.41, 5.74) is 21.5. The number of nitrogens with one attached hydrogen (secondary N) is 1. The maximum Gasteiger partial charge on any atom is 0.343 e. The third-order valence-electron chi connectivity index (χ3n) is 21.7. The maximum absolute atomic E-state index is 15.5. The summed E-state index contributed by atoms with van der Waals surface area (Å²) >= 11 is 16.6. The highest BCUT2D eigenvalue weighted by atomic mass is 35.5. The Morgan fingerprint density at radius 3 is 1.28 bits per heavy atom. The van der Waals surface area contributed by atoms with Gasteiger partial charge in [0.15, 0.2) is 17.3 Å². The van der Waals surface area contributed by atoms with Crippen molar-refractivity contribution in [1.29, 1.82) is 0 Å². The summed E-state index contributed by atoms with van der Waals surface area (Å²) in [5, 5.41) is 20.2. The van der Waals surface area contributed by atoms with Crippen molar-refractivity contribution in [2.45, 2.75) is 88.5 Å². The first kappa shape index (κ1) is 106. The number of carbonyl (C=O) groups excluding carboxylic acids is 6. The van der Waals surface area contributed by atoms with E-state index in [0.29, 0.717) is 65.9 Å². The fourth-order valence-corrected chi connectivity index (χ4v) is 15.6. The molecule has 0 amide bonds. The molecule has 0 aliphatic carbocycles. The van der Waals surface area contributed by atoms with E-state index in [1.54, 1.807) is 69.3 Å². The molecule has 0 radical (unpaired) electrons. The second-order valence-corrected chi connectivity index (χ2v) is 33.4. The Bertz CT molecular complexity index is 7630. The SMILES string of the molecule is COC(=O)/C=C(\C)Cc1ccccc1.COC(=O)CC(C)=O.COC(=O)c1c(C)n(-c2ccccc2)c2ccc(C)cc2c1=O.Cc1ccc(Cl)c(C(=O)Cl)c1.Cc1ccc(Cl)c(C(=O)O)c1.Cc1ccc2c(c1)c(=O)c(C(=O)Cc1ccc(Oc3ncnc4[nH]cc(-c5ccccc5)c34)c(F)c1)c(C)n2-c1ccccc1.Cc1ccc2c(c1)c(=O)c(C(=O)O)c(C)n2-c1ccccc1.Nc1ccccc1. The number of ether oxygens (including phenoxy) is 4. The Morgan fingerprint density at radius 1 is 0.454 bits per heavy atom. The summed E-state index contributed by atoms with van der Waals surface area (Å²) in [6.07, 6.45) is 5.20. The zero-order valence-corrected chi connectivity index (χ0v) is 81.7. The molecule has 28 heteroatoms. The van der Waals surface area contributed by atoms with Gasteiger partial charge in [-0.1, -0.05) is 226 Å². The lowest BCUT2D eigenvalue weighted by Crippen LogP contribution is -2.23. The van der Waals surface area contributed by atoms with Gasteiger partial charge < -0.3 is 53.6 Å². The molecule has 0 aliphatic rings. The minimum Gasteiger partial charge on any atom is -0.478 e. The summed E-state index contributed by atoms with van der Waals surface area (Å²) in [5.74, 6) is -4.63. The van der Waals surface area contributed by atoms with Gasteiger partial charge in [0.25, 0.3) is 5.24 Å². The van der Waals surface area contributed by atoms with E-state index in [1.807, 2.05) is 292 Å². The van der Waals surface area contributed by atoms with Crippen molar-refractivity contribution in [3.63, 3.8) is 0 Å². The number of methoxy groups -OCH3 is 3. The minimum absolute atomic E-state index is 0.0461. The number of aromatic carboxylic acids is 2. The fraction of sp³-hybridized carbons (Fsp3) is 0.142. The van der Waals surface area contributed by atoms with Crippen LogP contribution < -0.4 is 26.8 Å². The molecular weight excluding hydrogens is 1850 g/mol. The molecule has 5 heterocycles. The van der Waals surface area contributed by atoms with Crippen LogP contribution in [0, 0.1) is 61.2 Å². The van der Waals surface area contributed by atoms with Crippen LogP contribution in [-0.4, -0.2) is 107 Å². The summed E-state index contributed by atoms with van der Waals surface area (Å²) in [4.78, 5) is 141. The number of allylic oxidation sites excluding steroid dienone is 1.